The summed E-state index contributed by atoms with van der Waals surface area (Å²) in [5.41, 5.74) is 3.78. The van der Waals surface area contributed by atoms with E-state index in [9.17, 15) is 0 Å². The lowest BCUT2D eigenvalue weighted by Gasteiger charge is -2.10. The number of anilines is 1. The van der Waals surface area contributed by atoms with Gasteiger partial charge in [0.05, 0.1) is 11.3 Å². The van der Waals surface area contributed by atoms with Crippen LogP contribution < -0.4 is 5.32 Å². The number of halogens is 1. The molecule has 0 aliphatic rings. The Morgan fingerprint density at radius 2 is 2.22 bits per heavy atom. The molecular formula is C14H12BrN3. The van der Waals surface area contributed by atoms with E-state index in [0.717, 1.165) is 15.7 Å². The van der Waals surface area contributed by atoms with Crippen LogP contribution in [0.25, 0.3) is 0 Å². The van der Waals surface area contributed by atoms with E-state index in [0.29, 0.717) is 12.1 Å². The van der Waals surface area contributed by atoms with Gasteiger partial charge in [-0.3, -0.25) is 4.98 Å². The van der Waals surface area contributed by atoms with Crippen molar-refractivity contribution < 1.29 is 0 Å². The highest BCUT2D eigenvalue weighted by Crippen LogP contribution is 2.21. The molecule has 0 atom stereocenters. The predicted molar refractivity (Wildman–Crippen MR) is 75.2 cm³/mol. The number of aromatic nitrogens is 1. The first-order chi connectivity index (χ1) is 8.70. The first-order valence-corrected chi connectivity index (χ1v) is 6.33. The summed E-state index contributed by atoms with van der Waals surface area (Å²) < 4.78 is 0.951. The number of aryl methyl sites for hydroxylation is 1. The van der Waals surface area contributed by atoms with Crippen LogP contribution in [-0.4, -0.2) is 4.98 Å². The molecule has 0 fully saturated rings. The van der Waals surface area contributed by atoms with Crippen molar-refractivity contribution in [2.45, 2.75) is 13.5 Å². The molecule has 0 spiro atoms. The molecular weight excluding hydrogens is 290 g/mol. The second-order valence-electron chi connectivity index (χ2n) is 3.96. The van der Waals surface area contributed by atoms with Crippen LogP contribution in [0.2, 0.25) is 0 Å². The van der Waals surface area contributed by atoms with Crippen LogP contribution in [0.4, 0.5) is 5.69 Å². The van der Waals surface area contributed by atoms with Gasteiger partial charge < -0.3 is 5.32 Å². The van der Waals surface area contributed by atoms with Crippen LogP contribution in [0.5, 0.6) is 0 Å². The van der Waals surface area contributed by atoms with Crippen LogP contribution in [0.15, 0.2) is 41.1 Å². The van der Waals surface area contributed by atoms with Gasteiger partial charge in [0.15, 0.2) is 0 Å². The highest BCUT2D eigenvalue weighted by atomic mass is 79.9. The summed E-state index contributed by atoms with van der Waals surface area (Å²) in [6.45, 7) is 2.70. The fraction of sp³-hybridized carbons (Fsp3) is 0.143. The number of rotatable bonds is 3. The Morgan fingerprint density at radius 3 is 2.94 bits per heavy atom. The minimum absolute atomic E-state index is 0.639. The average Bonchev–Trinajstić information content (AvgIpc) is 2.38. The van der Waals surface area contributed by atoms with Gasteiger partial charge >= 0.3 is 0 Å². The summed E-state index contributed by atoms with van der Waals surface area (Å²) in [4.78, 5) is 4.10. The highest BCUT2D eigenvalue weighted by Gasteiger charge is 2.03. The van der Waals surface area contributed by atoms with Gasteiger partial charge in [-0.15, -0.1) is 0 Å². The van der Waals surface area contributed by atoms with E-state index in [1.54, 1.807) is 12.3 Å². The summed E-state index contributed by atoms with van der Waals surface area (Å²) in [6.07, 6.45) is 3.62. The van der Waals surface area contributed by atoms with Crippen molar-refractivity contribution in [1.29, 1.82) is 5.26 Å². The van der Waals surface area contributed by atoms with Gasteiger partial charge in [0.2, 0.25) is 0 Å². The van der Waals surface area contributed by atoms with Crippen molar-refractivity contribution in [1.82, 2.24) is 4.98 Å². The van der Waals surface area contributed by atoms with Gasteiger partial charge in [-0.1, -0.05) is 15.9 Å². The lowest BCUT2D eigenvalue weighted by Crippen LogP contribution is -2.03. The second kappa shape index (κ2) is 5.65. The predicted octanol–water partition coefficient (Wildman–Crippen LogP) is 3.64. The van der Waals surface area contributed by atoms with Gasteiger partial charge in [-0.05, 0) is 42.3 Å². The summed E-state index contributed by atoms with van der Waals surface area (Å²) in [6, 6.07) is 9.71. The molecule has 2 aromatic rings. The molecule has 2 rings (SSSR count). The second-order valence-corrected chi connectivity index (χ2v) is 4.87. The zero-order chi connectivity index (χ0) is 13.0. The topological polar surface area (TPSA) is 48.7 Å². The molecule has 1 aromatic heterocycles. The minimum atomic E-state index is 0.639. The van der Waals surface area contributed by atoms with E-state index in [2.05, 4.69) is 32.3 Å². The summed E-state index contributed by atoms with van der Waals surface area (Å²) in [5.74, 6) is 0. The van der Waals surface area contributed by atoms with Crippen molar-refractivity contribution in [3.05, 3.63) is 57.8 Å². The van der Waals surface area contributed by atoms with Crippen LogP contribution in [-0.2, 0) is 6.54 Å². The maximum absolute atomic E-state index is 9.04. The number of nitrogens with one attached hydrogen (secondary N) is 1. The van der Waals surface area contributed by atoms with Gasteiger partial charge in [-0.2, -0.15) is 5.26 Å². The number of nitriles is 1. The van der Waals surface area contributed by atoms with Crippen molar-refractivity contribution in [2.24, 2.45) is 0 Å². The number of pyridine rings is 1. The van der Waals surface area contributed by atoms with Gasteiger partial charge in [0.1, 0.15) is 6.07 Å². The van der Waals surface area contributed by atoms with E-state index in [1.807, 2.05) is 31.3 Å². The van der Waals surface area contributed by atoms with Crippen molar-refractivity contribution in [2.75, 3.05) is 5.32 Å². The van der Waals surface area contributed by atoms with E-state index >= 15 is 0 Å². The number of nitrogens with zero attached hydrogens (tertiary/aromatic N) is 2. The third kappa shape index (κ3) is 2.88. The summed E-state index contributed by atoms with van der Waals surface area (Å²) in [7, 11) is 0. The molecule has 0 aliphatic carbocycles. The van der Waals surface area contributed by atoms with Crippen molar-refractivity contribution in [3.63, 3.8) is 0 Å². The first kappa shape index (κ1) is 12.6. The fourth-order valence-electron chi connectivity index (χ4n) is 1.63. The lowest BCUT2D eigenvalue weighted by molar-refractivity contribution is 1.08. The van der Waals surface area contributed by atoms with E-state index in [1.165, 1.54) is 5.56 Å². The molecule has 90 valence electrons. The lowest BCUT2D eigenvalue weighted by atomic mass is 10.1. The molecule has 1 N–H and O–H groups in total. The molecule has 4 heteroatoms. The monoisotopic (exact) mass is 301 g/mol. The number of hydrogen-bond donors (Lipinski definition) is 1. The molecule has 0 unspecified atom stereocenters. The van der Waals surface area contributed by atoms with Crippen LogP contribution in [0, 0.1) is 18.3 Å². The molecule has 0 saturated carbocycles. The Labute approximate surface area is 115 Å². The minimum Gasteiger partial charge on any atom is -0.380 e. The standard InChI is InChI=1S/C14H12BrN3/c1-10-4-5-17-8-12(10)9-18-14-6-13(15)3-2-11(14)7-16/h2-6,8,18H,9H2,1H3. The molecule has 0 amide bonds. The average molecular weight is 302 g/mol. The normalized spacial score (nSPS) is 9.83. The zero-order valence-electron chi connectivity index (χ0n) is 9.94. The smallest absolute Gasteiger partial charge is 0.101 e. The Hall–Kier alpha value is -1.86. The molecule has 18 heavy (non-hydrogen) atoms. The zero-order valence-corrected chi connectivity index (χ0v) is 11.5. The summed E-state index contributed by atoms with van der Waals surface area (Å²) in [5, 5.41) is 12.3. The Morgan fingerprint density at radius 1 is 1.39 bits per heavy atom. The molecule has 0 aliphatic heterocycles. The SMILES string of the molecule is Cc1ccncc1CNc1cc(Br)ccc1C#N. The number of hydrogen-bond acceptors (Lipinski definition) is 3. The molecule has 0 radical (unpaired) electrons. The van der Waals surface area contributed by atoms with E-state index < -0.39 is 0 Å². The molecule has 0 bridgehead atoms. The van der Waals surface area contributed by atoms with Crippen molar-refractivity contribution in [3.8, 4) is 6.07 Å². The van der Waals surface area contributed by atoms with Gasteiger partial charge in [-0.25, -0.2) is 0 Å². The van der Waals surface area contributed by atoms with Gasteiger partial charge in [0, 0.05) is 23.4 Å². The van der Waals surface area contributed by atoms with Crippen molar-refractivity contribution >= 4 is 21.6 Å². The fourth-order valence-corrected chi connectivity index (χ4v) is 1.99. The van der Waals surface area contributed by atoms with E-state index in [-0.39, 0.29) is 0 Å². The Bertz CT molecular complexity index is 602. The Balaban J connectivity index is 2.18. The largest absolute Gasteiger partial charge is 0.380 e. The van der Waals surface area contributed by atoms with Crippen LogP contribution in [0.3, 0.4) is 0 Å². The maximum Gasteiger partial charge on any atom is 0.101 e. The molecule has 1 heterocycles. The molecule has 3 nitrogen and oxygen atoms in total. The molecule has 0 saturated heterocycles. The third-order valence-corrected chi connectivity index (χ3v) is 3.21. The maximum atomic E-state index is 9.04. The number of benzene rings is 1. The van der Waals surface area contributed by atoms with E-state index in [4.69, 9.17) is 5.26 Å². The first-order valence-electron chi connectivity index (χ1n) is 5.53. The Kier molecular flexibility index (Phi) is 3.96. The van der Waals surface area contributed by atoms with Crippen LogP contribution in [0.1, 0.15) is 16.7 Å². The third-order valence-electron chi connectivity index (χ3n) is 2.72. The van der Waals surface area contributed by atoms with Crippen LogP contribution >= 0.6 is 15.9 Å². The van der Waals surface area contributed by atoms with Gasteiger partial charge in [0.25, 0.3) is 0 Å². The molecule has 1 aromatic carbocycles. The quantitative estimate of drug-likeness (QED) is 0.941. The summed E-state index contributed by atoms with van der Waals surface area (Å²) >= 11 is 3.40. The highest BCUT2D eigenvalue weighted by molar-refractivity contribution is 9.10.